The summed E-state index contributed by atoms with van der Waals surface area (Å²) in [7, 11) is 0.102. The van der Waals surface area contributed by atoms with Gasteiger partial charge < -0.3 is 14.9 Å². The van der Waals surface area contributed by atoms with Gasteiger partial charge >= 0.3 is 7.12 Å². The minimum atomic E-state index is -1.58. The molecule has 0 unspecified atom stereocenters. The van der Waals surface area contributed by atoms with Gasteiger partial charge in [-0.1, -0.05) is 0 Å². The molecule has 1 aromatic rings. The second-order valence-corrected chi connectivity index (χ2v) is 3.30. The average Bonchev–Trinajstić information content (AvgIpc) is 2.43. The number of amides is 1. The SMILES string of the molecule is CN1Cc2ncc(B(O)O)cc2C1=O. The van der Waals surface area contributed by atoms with E-state index in [0.29, 0.717) is 17.8 Å². The van der Waals surface area contributed by atoms with Gasteiger partial charge in [0.25, 0.3) is 5.91 Å². The van der Waals surface area contributed by atoms with Crippen molar-refractivity contribution < 1.29 is 14.8 Å². The van der Waals surface area contributed by atoms with Crippen molar-refractivity contribution in [2.75, 3.05) is 7.05 Å². The number of aromatic nitrogens is 1. The van der Waals surface area contributed by atoms with Crippen LogP contribution in [0.1, 0.15) is 16.1 Å². The average molecular weight is 192 g/mol. The standard InChI is InChI=1S/C8H9BN2O3/c1-11-4-7-6(8(11)12)2-5(3-10-7)9(13)14/h2-3,13-14H,4H2,1H3. The third kappa shape index (κ3) is 1.28. The van der Waals surface area contributed by atoms with Crippen LogP contribution in [-0.2, 0) is 6.54 Å². The van der Waals surface area contributed by atoms with Crippen LogP contribution in [0.25, 0.3) is 0 Å². The summed E-state index contributed by atoms with van der Waals surface area (Å²) in [6.45, 7) is 0.482. The van der Waals surface area contributed by atoms with E-state index in [1.165, 1.54) is 17.2 Å². The Morgan fingerprint density at radius 3 is 2.93 bits per heavy atom. The molecule has 0 saturated heterocycles. The number of pyridine rings is 1. The van der Waals surface area contributed by atoms with E-state index in [1.54, 1.807) is 7.05 Å². The maximum absolute atomic E-state index is 11.5. The van der Waals surface area contributed by atoms with Crippen LogP contribution in [0.15, 0.2) is 12.3 Å². The van der Waals surface area contributed by atoms with Crippen LogP contribution in [0.5, 0.6) is 0 Å². The van der Waals surface area contributed by atoms with Gasteiger partial charge in [0.15, 0.2) is 0 Å². The van der Waals surface area contributed by atoms with Crippen molar-refractivity contribution in [1.82, 2.24) is 9.88 Å². The Morgan fingerprint density at radius 2 is 2.29 bits per heavy atom. The van der Waals surface area contributed by atoms with E-state index in [2.05, 4.69) is 4.98 Å². The van der Waals surface area contributed by atoms with Crippen molar-refractivity contribution in [3.8, 4) is 0 Å². The molecule has 72 valence electrons. The lowest BCUT2D eigenvalue weighted by molar-refractivity contribution is 0.0816. The highest BCUT2D eigenvalue weighted by molar-refractivity contribution is 6.58. The molecule has 2 N–H and O–H groups in total. The lowest BCUT2D eigenvalue weighted by Gasteiger charge is -2.04. The van der Waals surface area contributed by atoms with Crippen LogP contribution in [0, 0.1) is 0 Å². The smallest absolute Gasteiger partial charge is 0.423 e. The molecule has 1 aromatic heterocycles. The molecular weight excluding hydrogens is 183 g/mol. The van der Waals surface area contributed by atoms with Crippen molar-refractivity contribution in [3.63, 3.8) is 0 Å². The van der Waals surface area contributed by atoms with Crippen LogP contribution < -0.4 is 5.46 Å². The number of fused-ring (bicyclic) bond motifs is 1. The Bertz CT molecular complexity index is 394. The van der Waals surface area contributed by atoms with Crippen LogP contribution in [0.4, 0.5) is 0 Å². The minimum Gasteiger partial charge on any atom is -0.423 e. The number of carbonyl (C=O) groups excluding carboxylic acids is 1. The van der Waals surface area contributed by atoms with Gasteiger partial charge in [0.05, 0.1) is 17.8 Å². The summed E-state index contributed by atoms with van der Waals surface area (Å²) in [4.78, 5) is 17.0. The second kappa shape index (κ2) is 3.07. The molecule has 2 heterocycles. The minimum absolute atomic E-state index is 0.130. The van der Waals surface area contributed by atoms with Gasteiger partial charge in [-0.2, -0.15) is 0 Å². The molecule has 0 spiro atoms. The molecule has 1 amide bonds. The molecular formula is C8H9BN2O3. The van der Waals surface area contributed by atoms with Gasteiger partial charge in [0.2, 0.25) is 0 Å². The van der Waals surface area contributed by atoms with Gasteiger partial charge in [-0.05, 0) is 6.07 Å². The fourth-order valence-corrected chi connectivity index (χ4v) is 1.46. The zero-order valence-electron chi connectivity index (χ0n) is 7.64. The van der Waals surface area contributed by atoms with Crippen molar-refractivity contribution in [2.24, 2.45) is 0 Å². The van der Waals surface area contributed by atoms with E-state index < -0.39 is 7.12 Å². The lowest BCUT2D eigenvalue weighted by atomic mass is 9.81. The molecule has 0 fully saturated rings. The highest BCUT2D eigenvalue weighted by Crippen LogP contribution is 2.17. The first-order chi connectivity index (χ1) is 6.59. The molecule has 0 saturated carbocycles. The topological polar surface area (TPSA) is 73.7 Å². The third-order valence-electron chi connectivity index (χ3n) is 2.25. The monoisotopic (exact) mass is 192 g/mol. The van der Waals surface area contributed by atoms with Crippen LogP contribution in [0.2, 0.25) is 0 Å². The Balaban J connectivity index is 2.46. The first kappa shape index (κ1) is 9.17. The van der Waals surface area contributed by atoms with Gasteiger partial charge in [0.1, 0.15) is 0 Å². The van der Waals surface area contributed by atoms with Gasteiger partial charge in [-0.15, -0.1) is 0 Å². The predicted octanol–water partition coefficient (Wildman–Crippen LogP) is -1.65. The normalized spacial score (nSPS) is 14.5. The number of carbonyl (C=O) groups is 1. The molecule has 0 aromatic carbocycles. The van der Waals surface area contributed by atoms with Crippen LogP contribution in [0.3, 0.4) is 0 Å². The molecule has 5 nitrogen and oxygen atoms in total. The molecule has 0 atom stereocenters. The highest BCUT2D eigenvalue weighted by Gasteiger charge is 2.27. The second-order valence-electron chi connectivity index (χ2n) is 3.30. The zero-order valence-corrected chi connectivity index (χ0v) is 7.64. The van der Waals surface area contributed by atoms with Crippen molar-refractivity contribution >= 4 is 18.5 Å². The molecule has 1 aliphatic rings. The lowest BCUT2D eigenvalue weighted by Crippen LogP contribution is -2.31. The van der Waals surface area contributed by atoms with Crippen molar-refractivity contribution in [2.45, 2.75) is 6.54 Å². The fourth-order valence-electron chi connectivity index (χ4n) is 1.46. The number of nitrogens with zero attached hydrogens (tertiary/aromatic N) is 2. The molecule has 14 heavy (non-hydrogen) atoms. The van der Waals surface area contributed by atoms with Gasteiger partial charge in [-0.25, -0.2) is 0 Å². The van der Waals surface area contributed by atoms with Gasteiger partial charge in [0, 0.05) is 18.7 Å². The van der Waals surface area contributed by atoms with Crippen LogP contribution in [-0.4, -0.2) is 40.0 Å². The summed E-state index contributed by atoms with van der Waals surface area (Å²) in [6, 6.07) is 1.47. The third-order valence-corrected chi connectivity index (χ3v) is 2.25. The maximum Gasteiger partial charge on any atom is 0.490 e. The zero-order chi connectivity index (χ0) is 10.3. The summed E-state index contributed by atoms with van der Waals surface area (Å²) in [6.07, 6.45) is 1.37. The summed E-state index contributed by atoms with van der Waals surface area (Å²) >= 11 is 0. The summed E-state index contributed by atoms with van der Waals surface area (Å²) < 4.78 is 0. The number of hydrogen-bond acceptors (Lipinski definition) is 4. The largest absolute Gasteiger partial charge is 0.490 e. The first-order valence-corrected chi connectivity index (χ1v) is 4.20. The Morgan fingerprint density at radius 1 is 1.57 bits per heavy atom. The molecule has 0 radical (unpaired) electrons. The van der Waals surface area contributed by atoms with E-state index in [9.17, 15) is 4.79 Å². The van der Waals surface area contributed by atoms with E-state index in [1.807, 2.05) is 0 Å². The number of rotatable bonds is 1. The maximum atomic E-state index is 11.5. The van der Waals surface area contributed by atoms with E-state index in [-0.39, 0.29) is 11.4 Å². The van der Waals surface area contributed by atoms with E-state index >= 15 is 0 Å². The Kier molecular flexibility index (Phi) is 2.01. The molecule has 6 heteroatoms. The van der Waals surface area contributed by atoms with Crippen molar-refractivity contribution in [1.29, 1.82) is 0 Å². The number of hydrogen-bond donors (Lipinski definition) is 2. The van der Waals surface area contributed by atoms with Gasteiger partial charge in [-0.3, -0.25) is 9.78 Å². The van der Waals surface area contributed by atoms with E-state index in [0.717, 1.165) is 0 Å². The molecule has 0 aliphatic carbocycles. The quantitative estimate of drug-likeness (QED) is 0.522. The molecule has 0 bridgehead atoms. The van der Waals surface area contributed by atoms with Crippen LogP contribution >= 0.6 is 0 Å². The summed E-state index contributed by atoms with van der Waals surface area (Å²) in [5.41, 5.74) is 1.38. The predicted molar refractivity (Wildman–Crippen MR) is 49.9 cm³/mol. The highest BCUT2D eigenvalue weighted by atomic mass is 16.4. The first-order valence-electron chi connectivity index (χ1n) is 4.20. The molecule has 1 aliphatic heterocycles. The fraction of sp³-hybridized carbons (Fsp3) is 0.250. The summed E-state index contributed by atoms with van der Waals surface area (Å²) in [5, 5.41) is 17.8. The Labute approximate surface area is 81.1 Å². The summed E-state index contributed by atoms with van der Waals surface area (Å²) in [5.74, 6) is -0.130. The van der Waals surface area contributed by atoms with Crippen molar-refractivity contribution in [3.05, 3.63) is 23.5 Å². The van der Waals surface area contributed by atoms with E-state index in [4.69, 9.17) is 10.0 Å². The Hall–Kier alpha value is -1.40. The molecule has 2 rings (SSSR count).